The summed E-state index contributed by atoms with van der Waals surface area (Å²) in [5.41, 5.74) is 1.05. The summed E-state index contributed by atoms with van der Waals surface area (Å²) in [6.07, 6.45) is 1.96. The molecule has 4 N–H and O–H groups in total. The van der Waals surface area contributed by atoms with E-state index in [-0.39, 0.29) is 5.71 Å². The van der Waals surface area contributed by atoms with Crippen molar-refractivity contribution in [3.63, 3.8) is 0 Å². The number of likely N-dealkylation sites (N-methyl/N-ethyl adjacent to an activating group) is 1. The molecule has 0 saturated heterocycles. The van der Waals surface area contributed by atoms with E-state index < -0.39 is 11.4 Å². The van der Waals surface area contributed by atoms with Crippen molar-refractivity contribution in [3.05, 3.63) is 29.8 Å². The van der Waals surface area contributed by atoms with Crippen molar-refractivity contribution in [2.24, 2.45) is 0 Å². The molecule has 5 nitrogen and oxygen atoms in total. The van der Waals surface area contributed by atoms with Crippen LogP contribution in [0, 0.1) is 5.41 Å². The van der Waals surface area contributed by atoms with E-state index in [1.165, 1.54) is 14.0 Å². The Morgan fingerprint density at radius 2 is 1.94 bits per heavy atom. The van der Waals surface area contributed by atoms with Gasteiger partial charge in [-0.15, -0.1) is 11.8 Å². The number of hydrogen-bond donors (Lipinski definition) is 4. The van der Waals surface area contributed by atoms with E-state index in [4.69, 9.17) is 10.6 Å². The second-order valence-corrected chi connectivity index (χ2v) is 4.80. The second-order valence-electron chi connectivity index (χ2n) is 3.92. The summed E-state index contributed by atoms with van der Waals surface area (Å²) in [6.45, 7) is 1.46. The summed E-state index contributed by atoms with van der Waals surface area (Å²) < 4.78 is 0. The SMILES string of the molecule is CNC(=O)C(C)(NO)C(=N)c1ccc(SC)cc1. The molecule has 1 aromatic rings. The molecule has 0 aromatic heterocycles. The van der Waals surface area contributed by atoms with Gasteiger partial charge >= 0.3 is 0 Å². The Hall–Kier alpha value is -1.37. The van der Waals surface area contributed by atoms with Crippen molar-refractivity contribution in [1.29, 1.82) is 5.41 Å². The van der Waals surface area contributed by atoms with E-state index >= 15 is 0 Å². The third-order valence-corrected chi connectivity index (χ3v) is 3.53. The molecule has 0 bridgehead atoms. The van der Waals surface area contributed by atoms with Crippen LogP contribution in [0.25, 0.3) is 0 Å². The maximum absolute atomic E-state index is 11.7. The maximum Gasteiger partial charge on any atom is 0.248 e. The number of carbonyl (C=O) groups excluding carboxylic acids is 1. The molecule has 0 radical (unpaired) electrons. The molecule has 0 spiro atoms. The summed E-state index contributed by atoms with van der Waals surface area (Å²) in [4.78, 5) is 12.8. The highest BCUT2D eigenvalue weighted by molar-refractivity contribution is 7.98. The fraction of sp³-hybridized carbons (Fsp3) is 0.333. The molecule has 18 heavy (non-hydrogen) atoms. The first-order chi connectivity index (χ1) is 8.49. The molecule has 6 heteroatoms. The van der Waals surface area contributed by atoms with Crippen LogP contribution in [-0.4, -0.2) is 35.7 Å². The number of amides is 1. The van der Waals surface area contributed by atoms with Crippen LogP contribution in [0.3, 0.4) is 0 Å². The van der Waals surface area contributed by atoms with E-state index in [1.807, 2.05) is 23.9 Å². The van der Waals surface area contributed by atoms with Crippen molar-refractivity contribution in [3.8, 4) is 0 Å². The molecule has 1 aromatic carbocycles. The largest absolute Gasteiger partial charge is 0.357 e. The fourth-order valence-electron chi connectivity index (χ4n) is 1.52. The Kier molecular flexibility index (Phi) is 4.89. The van der Waals surface area contributed by atoms with Gasteiger partial charge in [0, 0.05) is 11.9 Å². The average Bonchev–Trinajstić information content (AvgIpc) is 2.44. The first-order valence-corrected chi connectivity index (χ1v) is 6.59. The number of nitrogens with one attached hydrogen (secondary N) is 3. The summed E-state index contributed by atoms with van der Waals surface area (Å²) in [6, 6.07) is 7.26. The standard InChI is InChI=1S/C12H17N3O2S/c1-12(15-17,11(16)14-2)10(13)8-4-6-9(18-3)7-5-8/h4-7,13,15,17H,1-3H3,(H,14,16). The van der Waals surface area contributed by atoms with Gasteiger partial charge in [-0.2, -0.15) is 5.48 Å². The minimum atomic E-state index is -1.46. The number of benzene rings is 1. The highest BCUT2D eigenvalue weighted by Crippen LogP contribution is 2.18. The van der Waals surface area contributed by atoms with Gasteiger partial charge in [0.25, 0.3) is 0 Å². The zero-order valence-electron chi connectivity index (χ0n) is 10.6. The van der Waals surface area contributed by atoms with Crippen LogP contribution in [0.4, 0.5) is 0 Å². The summed E-state index contributed by atoms with van der Waals surface area (Å²) >= 11 is 1.60. The van der Waals surface area contributed by atoms with E-state index in [0.29, 0.717) is 5.56 Å². The fourth-order valence-corrected chi connectivity index (χ4v) is 1.92. The van der Waals surface area contributed by atoms with E-state index in [2.05, 4.69) is 5.32 Å². The number of hydroxylamine groups is 1. The summed E-state index contributed by atoms with van der Waals surface area (Å²) in [5, 5.41) is 19.6. The molecule has 0 heterocycles. The Morgan fingerprint density at radius 3 is 2.33 bits per heavy atom. The maximum atomic E-state index is 11.7. The molecule has 0 saturated carbocycles. The zero-order chi connectivity index (χ0) is 13.8. The van der Waals surface area contributed by atoms with Gasteiger partial charge in [-0.25, -0.2) is 0 Å². The van der Waals surface area contributed by atoms with Crippen LogP contribution in [0.15, 0.2) is 29.2 Å². The molecule has 98 valence electrons. The van der Waals surface area contributed by atoms with Gasteiger partial charge in [-0.3, -0.25) is 4.79 Å². The van der Waals surface area contributed by atoms with Crippen LogP contribution >= 0.6 is 11.8 Å². The predicted molar refractivity (Wildman–Crippen MR) is 72.4 cm³/mol. The van der Waals surface area contributed by atoms with Gasteiger partial charge in [0.1, 0.15) is 0 Å². The van der Waals surface area contributed by atoms with E-state index in [9.17, 15) is 4.79 Å². The molecular weight excluding hydrogens is 250 g/mol. The molecule has 1 unspecified atom stereocenters. The van der Waals surface area contributed by atoms with Gasteiger partial charge in [-0.1, -0.05) is 12.1 Å². The van der Waals surface area contributed by atoms with E-state index in [1.54, 1.807) is 23.9 Å². The third-order valence-electron chi connectivity index (χ3n) is 2.78. The average molecular weight is 267 g/mol. The highest BCUT2D eigenvalue weighted by Gasteiger charge is 2.37. The Bertz CT molecular complexity index is 447. The number of carbonyl (C=O) groups is 1. The molecule has 1 rings (SSSR count). The molecule has 1 atom stereocenters. The zero-order valence-corrected chi connectivity index (χ0v) is 11.4. The Balaban J connectivity index is 3.06. The topological polar surface area (TPSA) is 85.2 Å². The van der Waals surface area contributed by atoms with Crippen LogP contribution in [0.1, 0.15) is 12.5 Å². The lowest BCUT2D eigenvalue weighted by molar-refractivity contribution is -0.127. The number of hydrogen-bond acceptors (Lipinski definition) is 5. The van der Waals surface area contributed by atoms with Crippen LogP contribution in [0.5, 0.6) is 0 Å². The number of thioether (sulfide) groups is 1. The monoisotopic (exact) mass is 267 g/mol. The first-order valence-electron chi connectivity index (χ1n) is 5.36. The van der Waals surface area contributed by atoms with Crippen LogP contribution in [0.2, 0.25) is 0 Å². The molecule has 0 fully saturated rings. The van der Waals surface area contributed by atoms with Gasteiger partial charge in [0.2, 0.25) is 5.91 Å². The normalized spacial score (nSPS) is 13.8. The van der Waals surface area contributed by atoms with Gasteiger partial charge in [0.15, 0.2) is 5.54 Å². The van der Waals surface area contributed by atoms with Crippen LogP contribution < -0.4 is 10.8 Å². The quantitative estimate of drug-likeness (QED) is 0.367. The second kappa shape index (κ2) is 5.99. The van der Waals surface area contributed by atoms with Gasteiger partial charge in [0.05, 0.1) is 5.71 Å². The number of rotatable bonds is 5. The molecular formula is C12H17N3O2S. The Morgan fingerprint density at radius 1 is 1.39 bits per heavy atom. The van der Waals surface area contributed by atoms with Crippen molar-refractivity contribution < 1.29 is 10.0 Å². The van der Waals surface area contributed by atoms with Crippen LogP contribution in [-0.2, 0) is 4.79 Å². The lowest BCUT2D eigenvalue weighted by Crippen LogP contribution is -2.58. The lowest BCUT2D eigenvalue weighted by Gasteiger charge is -2.26. The van der Waals surface area contributed by atoms with E-state index in [0.717, 1.165) is 4.90 Å². The van der Waals surface area contributed by atoms with Crippen molar-refractivity contribution in [1.82, 2.24) is 10.8 Å². The molecule has 0 aliphatic rings. The summed E-state index contributed by atoms with van der Waals surface area (Å²) in [7, 11) is 1.46. The molecule has 0 aliphatic heterocycles. The van der Waals surface area contributed by atoms with Crippen molar-refractivity contribution in [2.75, 3.05) is 13.3 Å². The minimum Gasteiger partial charge on any atom is -0.357 e. The smallest absolute Gasteiger partial charge is 0.248 e. The van der Waals surface area contributed by atoms with Gasteiger partial charge < -0.3 is 15.9 Å². The highest BCUT2D eigenvalue weighted by atomic mass is 32.2. The molecule has 1 amide bonds. The first kappa shape index (κ1) is 14.7. The molecule has 0 aliphatic carbocycles. The lowest BCUT2D eigenvalue weighted by atomic mass is 9.90. The Labute approximate surface area is 110 Å². The van der Waals surface area contributed by atoms with Crippen molar-refractivity contribution >= 4 is 23.4 Å². The van der Waals surface area contributed by atoms with Crippen molar-refractivity contribution in [2.45, 2.75) is 17.4 Å². The van der Waals surface area contributed by atoms with Gasteiger partial charge in [-0.05, 0) is 30.9 Å². The summed E-state index contributed by atoms with van der Waals surface area (Å²) in [5.74, 6) is -0.469. The minimum absolute atomic E-state index is 0.0111. The predicted octanol–water partition coefficient (Wildman–Crippen LogP) is 1.26. The third kappa shape index (κ3) is 2.72.